The van der Waals surface area contributed by atoms with E-state index in [2.05, 4.69) is 21.4 Å². The molecule has 1 atom stereocenters. The van der Waals surface area contributed by atoms with Crippen molar-refractivity contribution in [2.24, 2.45) is 0 Å². The number of thioether (sulfide) groups is 1. The number of rotatable bonds is 6. The van der Waals surface area contributed by atoms with Gasteiger partial charge in [-0.25, -0.2) is 9.97 Å². The van der Waals surface area contributed by atoms with E-state index in [4.69, 9.17) is 4.74 Å². The molecule has 1 heterocycles. The summed E-state index contributed by atoms with van der Waals surface area (Å²) in [5, 5.41) is 3.51. The van der Waals surface area contributed by atoms with Gasteiger partial charge in [-0.3, -0.25) is 9.59 Å². The summed E-state index contributed by atoms with van der Waals surface area (Å²) in [6.07, 6.45) is 2.97. The summed E-state index contributed by atoms with van der Waals surface area (Å²) >= 11 is 1.21. The van der Waals surface area contributed by atoms with E-state index in [1.54, 1.807) is 0 Å². The quantitative estimate of drug-likeness (QED) is 0.468. The molecule has 7 heteroatoms. The van der Waals surface area contributed by atoms with Crippen LogP contribution in [0.1, 0.15) is 41.4 Å². The maximum Gasteiger partial charge on any atom is 0.316 e. The summed E-state index contributed by atoms with van der Waals surface area (Å²) in [5.41, 5.74) is 4.14. The minimum Gasteiger partial charge on any atom is -0.455 e. The van der Waals surface area contributed by atoms with Crippen LogP contribution in [-0.2, 0) is 20.7 Å². The lowest BCUT2D eigenvalue weighted by atomic mass is 9.88. The number of carbonyl (C=O) groups excluding carboxylic acids is 2. The van der Waals surface area contributed by atoms with Crippen molar-refractivity contribution in [3.63, 3.8) is 0 Å². The van der Waals surface area contributed by atoms with Crippen LogP contribution in [0.5, 0.6) is 0 Å². The van der Waals surface area contributed by atoms with Crippen molar-refractivity contribution in [1.29, 1.82) is 0 Å². The Bertz CT molecular complexity index is 821. The van der Waals surface area contributed by atoms with E-state index in [0.717, 1.165) is 36.2 Å². The van der Waals surface area contributed by atoms with Crippen LogP contribution in [-0.4, -0.2) is 34.2 Å². The first kappa shape index (κ1) is 19.4. The minimum atomic E-state index is -0.457. The van der Waals surface area contributed by atoms with E-state index in [9.17, 15) is 9.59 Å². The molecular weight excluding hydrogens is 362 g/mol. The number of hydrogen-bond acceptors (Lipinski definition) is 6. The largest absolute Gasteiger partial charge is 0.455 e. The van der Waals surface area contributed by atoms with Crippen molar-refractivity contribution in [3.8, 4) is 0 Å². The first-order valence-corrected chi connectivity index (χ1v) is 9.97. The van der Waals surface area contributed by atoms with Crippen molar-refractivity contribution >= 4 is 23.6 Å². The fourth-order valence-corrected chi connectivity index (χ4v) is 3.96. The van der Waals surface area contributed by atoms with Gasteiger partial charge in [0.25, 0.3) is 5.91 Å². The van der Waals surface area contributed by atoms with E-state index in [-0.39, 0.29) is 24.3 Å². The molecule has 0 spiro atoms. The first-order valence-electron chi connectivity index (χ1n) is 8.99. The van der Waals surface area contributed by atoms with E-state index < -0.39 is 5.97 Å². The first-order chi connectivity index (χ1) is 13.0. The Labute approximate surface area is 163 Å². The van der Waals surface area contributed by atoms with Gasteiger partial charge >= 0.3 is 5.97 Å². The monoisotopic (exact) mass is 385 g/mol. The Balaban J connectivity index is 1.45. The number of fused-ring (bicyclic) bond motifs is 1. The molecule has 0 saturated carbocycles. The van der Waals surface area contributed by atoms with E-state index >= 15 is 0 Å². The zero-order valence-electron chi connectivity index (χ0n) is 15.5. The van der Waals surface area contributed by atoms with E-state index in [0.29, 0.717) is 5.16 Å². The molecule has 0 radical (unpaired) electrons. The van der Waals surface area contributed by atoms with Crippen LogP contribution in [0.15, 0.2) is 35.5 Å². The predicted molar refractivity (Wildman–Crippen MR) is 103 cm³/mol. The molecule has 3 rings (SSSR count). The molecule has 6 nitrogen and oxygen atoms in total. The molecule has 1 N–H and O–H groups in total. The molecular formula is C20H23N3O3S. The highest BCUT2D eigenvalue weighted by molar-refractivity contribution is 7.99. The van der Waals surface area contributed by atoms with Gasteiger partial charge in [-0.05, 0) is 50.3 Å². The van der Waals surface area contributed by atoms with Gasteiger partial charge in [-0.1, -0.05) is 36.0 Å². The molecule has 0 aliphatic heterocycles. The van der Waals surface area contributed by atoms with Gasteiger partial charge in [0, 0.05) is 11.4 Å². The number of ether oxygens (including phenoxy) is 1. The smallest absolute Gasteiger partial charge is 0.316 e. The Hall–Kier alpha value is -2.41. The third-order valence-electron chi connectivity index (χ3n) is 4.35. The van der Waals surface area contributed by atoms with Crippen molar-refractivity contribution in [1.82, 2.24) is 15.3 Å². The van der Waals surface area contributed by atoms with Gasteiger partial charge in [0.1, 0.15) is 0 Å². The average Bonchev–Trinajstić information content (AvgIpc) is 2.64. The van der Waals surface area contributed by atoms with Crippen LogP contribution >= 0.6 is 11.8 Å². The van der Waals surface area contributed by atoms with Crippen LogP contribution in [0.25, 0.3) is 0 Å². The van der Waals surface area contributed by atoms with E-state index in [1.807, 2.05) is 38.1 Å². The molecule has 0 bridgehead atoms. The zero-order chi connectivity index (χ0) is 19.2. The minimum absolute atomic E-state index is 0.0146. The Kier molecular flexibility index (Phi) is 6.45. The second-order valence-electron chi connectivity index (χ2n) is 6.59. The number of amides is 1. The topological polar surface area (TPSA) is 81.2 Å². The van der Waals surface area contributed by atoms with Crippen LogP contribution in [0.3, 0.4) is 0 Å². The number of aromatic nitrogens is 2. The molecule has 1 aliphatic carbocycles. The van der Waals surface area contributed by atoms with Crippen LogP contribution in [0.4, 0.5) is 0 Å². The Morgan fingerprint density at radius 2 is 1.96 bits per heavy atom. The van der Waals surface area contributed by atoms with Gasteiger partial charge in [-0.2, -0.15) is 0 Å². The third-order valence-corrected chi connectivity index (χ3v) is 5.17. The van der Waals surface area contributed by atoms with Crippen molar-refractivity contribution in [2.45, 2.75) is 44.3 Å². The predicted octanol–water partition coefficient (Wildman–Crippen LogP) is 2.92. The Morgan fingerprint density at radius 1 is 1.22 bits per heavy atom. The van der Waals surface area contributed by atoms with Crippen molar-refractivity contribution in [2.75, 3.05) is 12.4 Å². The molecule has 27 heavy (non-hydrogen) atoms. The van der Waals surface area contributed by atoms with Crippen LogP contribution < -0.4 is 5.32 Å². The lowest BCUT2D eigenvalue weighted by Gasteiger charge is -2.26. The fourth-order valence-electron chi connectivity index (χ4n) is 3.21. The number of nitrogens with zero attached hydrogens (tertiary/aromatic N) is 2. The van der Waals surface area contributed by atoms with Crippen LogP contribution in [0.2, 0.25) is 0 Å². The summed E-state index contributed by atoms with van der Waals surface area (Å²) < 4.78 is 5.09. The second-order valence-corrected chi connectivity index (χ2v) is 7.54. The molecule has 1 aliphatic rings. The molecule has 1 amide bonds. The normalized spacial score (nSPS) is 15.7. The lowest BCUT2D eigenvalue weighted by Crippen LogP contribution is -2.34. The summed E-state index contributed by atoms with van der Waals surface area (Å²) in [6.45, 7) is 3.49. The lowest BCUT2D eigenvalue weighted by molar-refractivity contribution is -0.146. The van der Waals surface area contributed by atoms with Crippen molar-refractivity contribution in [3.05, 3.63) is 52.8 Å². The van der Waals surface area contributed by atoms with Gasteiger partial charge in [-0.15, -0.1) is 0 Å². The number of benzene rings is 1. The zero-order valence-corrected chi connectivity index (χ0v) is 16.3. The van der Waals surface area contributed by atoms with Crippen LogP contribution in [0, 0.1) is 13.8 Å². The standard InChI is InChI=1S/C20H23N3O3S/c1-13-10-14(2)22-20(21-13)27-12-19(25)26-11-18(24)23-17-9-5-7-15-6-3-4-8-16(15)17/h3-4,6,8,10,17H,5,7,9,11-12H2,1-2H3,(H,23,24)/t17-/m1/s1. The highest BCUT2D eigenvalue weighted by Crippen LogP contribution is 2.29. The summed E-state index contributed by atoms with van der Waals surface area (Å²) in [4.78, 5) is 32.6. The third kappa shape index (κ3) is 5.53. The van der Waals surface area contributed by atoms with E-state index in [1.165, 1.54) is 17.3 Å². The average molecular weight is 385 g/mol. The Morgan fingerprint density at radius 3 is 2.74 bits per heavy atom. The van der Waals surface area contributed by atoms with Gasteiger partial charge in [0.05, 0.1) is 11.8 Å². The maximum absolute atomic E-state index is 12.2. The van der Waals surface area contributed by atoms with Gasteiger partial charge in [0.15, 0.2) is 11.8 Å². The van der Waals surface area contributed by atoms with Gasteiger partial charge in [0.2, 0.25) is 0 Å². The number of aryl methyl sites for hydroxylation is 3. The molecule has 0 unspecified atom stereocenters. The summed E-state index contributed by atoms with van der Waals surface area (Å²) in [7, 11) is 0. The number of esters is 1. The summed E-state index contributed by atoms with van der Waals surface area (Å²) in [5.74, 6) is -0.665. The van der Waals surface area contributed by atoms with Gasteiger partial charge < -0.3 is 10.1 Å². The number of carbonyl (C=O) groups is 2. The molecule has 2 aromatic rings. The highest BCUT2D eigenvalue weighted by atomic mass is 32.2. The maximum atomic E-state index is 12.2. The number of hydrogen-bond donors (Lipinski definition) is 1. The fraction of sp³-hybridized carbons (Fsp3) is 0.400. The highest BCUT2D eigenvalue weighted by Gasteiger charge is 2.21. The number of nitrogens with one attached hydrogen (secondary N) is 1. The molecule has 1 aromatic heterocycles. The second kappa shape index (κ2) is 8.99. The molecule has 1 aromatic carbocycles. The molecule has 0 saturated heterocycles. The van der Waals surface area contributed by atoms with Crippen molar-refractivity contribution < 1.29 is 14.3 Å². The molecule has 0 fully saturated rings. The SMILES string of the molecule is Cc1cc(C)nc(SCC(=O)OCC(=O)N[C@@H]2CCCc3ccccc32)n1. The molecule has 142 valence electrons. The summed E-state index contributed by atoms with van der Waals surface area (Å²) in [6, 6.07) is 10.00.